The summed E-state index contributed by atoms with van der Waals surface area (Å²) in [6.07, 6.45) is 1.42. The molecular weight excluding hydrogens is 343 g/mol. The van der Waals surface area contributed by atoms with Crippen molar-refractivity contribution in [3.8, 4) is 17.2 Å². The highest BCUT2D eigenvalue weighted by Gasteiger charge is 2.16. The van der Waals surface area contributed by atoms with Crippen LogP contribution in [0.5, 0.6) is 11.5 Å². The van der Waals surface area contributed by atoms with Crippen LogP contribution in [-0.4, -0.2) is 4.68 Å². The zero-order valence-corrected chi connectivity index (χ0v) is 13.7. The number of ether oxygens (including phenoxy) is 1. The van der Waals surface area contributed by atoms with Crippen molar-refractivity contribution in [3.63, 3.8) is 0 Å². The van der Waals surface area contributed by atoms with Crippen LogP contribution in [0.1, 0.15) is 0 Å². The highest BCUT2D eigenvalue weighted by molar-refractivity contribution is 6.32. The molecule has 124 valence electrons. The second-order valence-electron chi connectivity index (χ2n) is 5.45. The lowest BCUT2D eigenvalue weighted by atomic mass is 10.2. The Hall–Kier alpha value is -3.05. The zero-order valence-electron chi connectivity index (χ0n) is 12.9. The molecule has 4 nitrogen and oxygen atoms in total. The molecule has 0 radical (unpaired) electrons. The fourth-order valence-corrected chi connectivity index (χ4v) is 2.90. The number of aromatic nitrogens is 2. The van der Waals surface area contributed by atoms with Gasteiger partial charge < -0.3 is 9.94 Å². The Balaban J connectivity index is 1.79. The van der Waals surface area contributed by atoms with Gasteiger partial charge in [-0.25, -0.2) is 4.39 Å². The third-order valence-corrected chi connectivity index (χ3v) is 4.14. The maximum atomic E-state index is 13.7. The molecule has 4 aromatic rings. The number of fused-ring (bicyclic) bond motifs is 1. The molecule has 0 saturated heterocycles. The molecule has 0 saturated carbocycles. The molecule has 1 heterocycles. The Labute approximate surface area is 147 Å². The van der Waals surface area contributed by atoms with Gasteiger partial charge in [0.25, 0.3) is 0 Å². The van der Waals surface area contributed by atoms with E-state index in [1.165, 1.54) is 16.9 Å². The zero-order chi connectivity index (χ0) is 17.4. The second kappa shape index (κ2) is 6.11. The van der Waals surface area contributed by atoms with Crippen molar-refractivity contribution in [2.24, 2.45) is 0 Å². The smallest absolute Gasteiger partial charge is 0.217 e. The van der Waals surface area contributed by atoms with E-state index < -0.39 is 5.82 Å². The fraction of sp³-hybridized carbons (Fsp3) is 0. The van der Waals surface area contributed by atoms with E-state index in [0.29, 0.717) is 32.2 Å². The van der Waals surface area contributed by atoms with E-state index >= 15 is 0 Å². The number of rotatable bonds is 3. The minimum Gasteiger partial charge on any atom is -0.596 e. The fourth-order valence-electron chi connectivity index (χ4n) is 2.69. The summed E-state index contributed by atoms with van der Waals surface area (Å²) in [5, 5.41) is 13.5. The molecule has 0 aliphatic rings. The summed E-state index contributed by atoms with van der Waals surface area (Å²) >= 11 is 6.20. The Morgan fingerprint density at radius 2 is 1.76 bits per heavy atom. The molecule has 0 aliphatic heterocycles. The molecule has 0 aliphatic carbocycles. The van der Waals surface area contributed by atoms with Gasteiger partial charge in [-0.05, 0) is 42.5 Å². The standard InChI is InChI=1S/C19H12ClFN2O2/c20-15-5-1-3-7-18(15)23-17-10-9-14(11-13(17)12-22(23)24)25-19-8-4-2-6-16(19)21/h1-12H. The van der Waals surface area contributed by atoms with Gasteiger partial charge in [0.15, 0.2) is 11.6 Å². The molecular formula is C19H12ClFN2O2. The van der Waals surface area contributed by atoms with Crippen molar-refractivity contribution in [2.45, 2.75) is 0 Å². The lowest BCUT2D eigenvalue weighted by molar-refractivity contribution is -0.681. The first kappa shape index (κ1) is 15.5. The number of hydrogen-bond donors (Lipinski definition) is 0. The largest absolute Gasteiger partial charge is 0.596 e. The number of para-hydroxylation sites is 2. The average Bonchev–Trinajstić information content (AvgIpc) is 2.92. The molecule has 0 atom stereocenters. The van der Waals surface area contributed by atoms with E-state index in [1.54, 1.807) is 54.6 Å². The molecule has 0 fully saturated rings. The highest BCUT2D eigenvalue weighted by Crippen LogP contribution is 2.29. The highest BCUT2D eigenvalue weighted by atomic mass is 35.5. The molecule has 0 N–H and O–H groups in total. The van der Waals surface area contributed by atoms with Crippen molar-refractivity contribution >= 4 is 22.5 Å². The minimum atomic E-state index is -0.449. The summed E-state index contributed by atoms with van der Waals surface area (Å²) in [5.41, 5.74) is 1.25. The van der Waals surface area contributed by atoms with Crippen LogP contribution in [0.4, 0.5) is 4.39 Å². The molecule has 0 spiro atoms. The van der Waals surface area contributed by atoms with Crippen LogP contribution in [0.25, 0.3) is 16.6 Å². The van der Waals surface area contributed by atoms with Crippen molar-refractivity contribution < 1.29 is 14.0 Å². The van der Waals surface area contributed by atoms with Crippen LogP contribution in [0.3, 0.4) is 0 Å². The third-order valence-electron chi connectivity index (χ3n) is 3.82. The van der Waals surface area contributed by atoms with Crippen LogP contribution in [0.15, 0.2) is 72.9 Å². The molecule has 4 rings (SSSR count). The maximum Gasteiger partial charge on any atom is 0.217 e. The predicted molar refractivity (Wildman–Crippen MR) is 93.7 cm³/mol. The Morgan fingerprint density at radius 1 is 1.00 bits per heavy atom. The quantitative estimate of drug-likeness (QED) is 0.390. The molecule has 6 heteroatoms. The van der Waals surface area contributed by atoms with Gasteiger partial charge in [-0.15, -0.1) is 4.68 Å². The third kappa shape index (κ3) is 2.79. The summed E-state index contributed by atoms with van der Waals surface area (Å²) in [7, 11) is 0. The second-order valence-corrected chi connectivity index (χ2v) is 5.86. The normalized spacial score (nSPS) is 11.0. The first-order chi connectivity index (χ1) is 12.1. The van der Waals surface area contributed by atoms with Crippen molar-refractivity contribution in [1.29, 1.82) is 0 Å². The first-order valence-corrected chi connectivity index (χ1v) is 7.93. The predicted octanol–water partition coefficient (Wildman–Crippen LogP) is 4.85. The van der Waals surface area contributed by atoms with E-state index in [-0.39, 0.29) is 5.75 Å². The van der Waals surface area contributed by atoms with Crippen LogP contribution in [-0.2, 0) is 0 Å². The van der Waals surface area contributed by atoms with Gasteiger partial charge >= 0.3 is 0 Å². The van der Waals surface area contributed by atoms with E-state index in [2.05, 4.69) is 0 Å². The summed E-state index contributed by atoms with van der Waals surface area (Å²) in [6, 6.07) is 18.4. The minimum absolute atomic E-state index is 0.127. The van der Waals surface area contributed by atoms with Gasteiger partial charge in [0, 0.05) is 0 Å². The summed E-state index contributed by atoms with van der Waals surface area (Å²) in [6.45, 7) is 0. The number of halogens is 2. The Morgan fingerprint density at radius 3 is 2.56 bits per heavy atom. The van der Waals surface area contributed by atoms with Crippen LogP contribution in [0, 0.1) is 11.0 Å². The monoisotopic (exact) mass is 354 g/mol. The lowest BCUT2D eigenvalue weighted by Crippen LogP contribution is -2.35. The summed E-state index contributed by atoms with van der Waals surface area (Å²) in [4.78, 5) is 0.707. The molecule has 25 heavy (non-hydrogen) atoms. The topological polar surface area (TPSA) is 41.1 Å². The Bertz CT molecular complexity index is 1080. The maximum absolute atomic E-state index is 13.7. The van der Waals surface area contributed by atoms with E-state index in [0.717, 1.165) is 0 Å². The van der Waals surface area contributed by atoms with Crippen LogP contribution >= 0.6 is 11.6 Å². The lowest BCUT2D eigenvalue weighted by Gasteiger charge is -2.07. The molecule has 1 aromatic heterocycles. The molecule has 0 bridgehead atoms. The van der Waals surface area contributed by atoms with Crippen LogP contribution in [0.2, 0.25) is 5.02 Å². The van der Waals surface area contributed by atoms with Crippen molar-refractivity contribution in [3.05, 3.63) is 89.0 Å². The molecule has 0 unspecified atom stereocenters. The summed E-state index contributed by atoms with van der Waals surface area (Å²) < 4.78 is 20.8. The van der Waals surface area contributed by atoms with Crippen LogP contribution < -0.4 is 9.58 Å². The van der Waals surface area contributed by atoms with Crippen molar-refractivity contribution in [2.75, 3.05) is 0 Å². The van der Waals surface area contributed by atoms with Crippen molar-refractivity contribution in [1.82, 2.24) is 4.68 Å². The van der Waals surface area contributed by atoms with Gasteiger partial charge in [0.1, 0.15) is 17.0 Å². The van der Waals surface area contributed by atoms with E-state index in [4.69, 9.17) is 16.3 Å². The first-order valence-electron chi connectivity index (χ1n) is 7.56. The number of hydrogen-bond acceptors (Lipinski definition) is 2. The van der Waals surface area contributed by atoms with Gasteiger partial charge in [-0.2, -0.15) is 0 Å². The number of benzene rings is 3. The van der Waals surface area contributed by atoms with Gasteiger partial charge in [0.05, 0.1) is 10.4 Å². The SMILES string of the molecule is [O-][n+]1cc2cc(Oc3ccccc3F)ccc2n1-c1ccccc1Cl. The summed E-state index contributed by atoms with van der Waals surface area (Å²) in [5.74, 6) is 0.118. The van der Waals surface area contributed by atoms with Gasteiger partial charge in [-0.1, -0.05) is 40.7 Å². The van der Waals surface area contributed by atoms with Gasteiger partial charge in [-0.3, -0.25) is 0 Å². The van der Waals surface area contributed by atoms with E-state index in [1.807, 2.05) is 6.07 Å². The Kier molecular flexibility index (Phi) is 3.78. The molecule has 0 amide bonds. The molecule has 3 aromatic carbocycles. The number of nitrogens with zero attached hydrogens (tertiary/aromatic N) is 2. The van der Waals surface area contributed by atoms with Gasteiger partial charge in [0.2, 0.25) is 6.20 Å². The average molecular weight is 355 g/mol. The van der Waals surface area contributed by atoms with E-state index in [9.17, 15) is 9.60 Å².